The SMILES string of the molecule is CC1CC(NCCNC(C)(C)C)CCO1. The van der Waals surface area contributed by atoms with Gasteiger partial charge in [0, 0.05) is 31.3 Å². The van der Waals surface area contributed by atoms with Crippen molar-refractivity contribution >= 4 is 0 Å². The van der Waals surface area contributed by atoms with Crippen molar-refractivity contribution in [2.24, 2.45) is 0 Å². The predicted molar refractivity (Wildman–Crippen MR) is 64.2 cm³/mol. The maximum absolute atomic E-state index is 5.51. The van der Waals surface area contributed by atoms with Crippen LogP contribution in [0.25, 0.3) is 0 Å². The number of ether oxygens (including phenoxy) is 1. The highest BCUT2D eigenvalue weighted by atomic mass is 16.5. The number of hydrogen-bond acceptors (Lipinski definition) is 3. The van der Waals surface area contributed by atoms with Crippen molar-refractivity contribution in [3.8, 4) is 0 Å². The van der Waals surface area contributed by atoms with Gasteiger partial charge in [-0.15, -0.1) is 0 Å². The summed E-state index contributed by atoms with van der Waals surface area (Å²) in [6, 6.07) is 0.649. The molecule has 0 aromatic rings. The van der Waals surface area contributed by atoms with Gasteiger partial charge in [-0.2, -0.15) is 0 Å². The fourth-order valence-corrected chi connectivity index (χ4v) is 1.90. The van der Waals surface area contributed by atoms with Crippen molar-refractivity contribution in [1.29, 1.82) is 0 Å². The summed E-state index contributed by atoms with van der Waals surface area (Å²) >= 11 is 0. The Kier molecular flexibility index (Phi) is 5.03. The molecule has 0 spiro atoms. The quantitative estimate of drug-likeness (QED) is 0.696. The summed E-state index contributed by atoms with van der Waals surface area (Å²) in [5.74, 6) is 0. The molecule has 2 atom stereocenters. The molecule has 1 fully saturated rings. The van der Waals surface area contributed by atoms with Crippen LogP contribution in [0.2, 0.25) is 0 Å². The Labute approximate surface area is 94.0 Å². The third-order valence-electron chi connectivity index (χ3n) is 2.70. The van der Waals surface area contributed by atoms with Crippen LogP contribution in [0, 0.1) is 0 Å². The van der Waals surface area contributed by atoms with E-state index in [1.54, 1.807) is 0 Å². The van der Waals surface area contributed by atoms with E-state index < -0.39 is 0 Å². The van der Waals surface area contributed by atoms with E-state index in [0.29, 0.717) is 12.1 Å². The molecular formula is C12H26N2O. The molecule has 0 bridgehead atoms. The van der Waals surface area contributed by atoms with Crippen LogP contribution in [0.15, 0.2) is 0 Å². The molecular weight excluding hydrogens is 188 g/mol. The highest BCUT2D eigenvalue weighted by molar-refractivity contribution is 4.76. The number of nitrogens with one attached hydrogen (secondary N) is 2. The Balaban J connectivity index is 2.04. The van der Waals surface area contributed by atoms with Crippen LogP contribution in [-0.2, 0) is 4.74 Å². The fraction of sp³-hybridized carbons (Fsp3) is 1.00. The van der Waals surface area contributed by atoms with E-state index in [-0.39, 0.29) is 5.54 Å². The molecule has 0 aliphatic carbocycles. The van der Waals surface area contributed by atoms with Crippen molar-refractivity contribution in [1.82, 2.24) is 10.6 Å². The van der Waals surface area contributed by atoms with E-state index in [1.807, 2.05) is 0 Å². The van der Waals surface area contributed by atoms with Gasteiger partial charge >= 0.3 is 0 Å². The zero-order valence-electron chi connectivity index (χ0n) is 10.6. The third-order valence-corrected chi connectivity index (χ3v) is 2.70. The molecule has 1 aliphatic rings. The number of rotatable bonds is 4. The maximum Gasteiger partial charge on any atom is 0.0561 e. The lowest BCUT2D eigenvalue weighted by molar-refractivity contribution is 0.0134. The van der Waals surface area contributed by atoms with Crippen LogP contribution in [0.4, 0.5) is 0 Å². The van der Waals surface area contributed by atoms with Crippen LogP contribution < -0.4 is 10.6 Å². The Hall–Kier alpha value is -0.120. The molecule has 90 valence electrons. The second-order valence-corrected chi connectivity index (χ2v) is 5.53. The number of hydrogen-bond donors (Lipinski definition) is 2. The van der Waals surface area contributed by atoms with Crippen LogP contribution in [0.1, 0.15) is 40.5 Å². The minimum absolute atomic E-state index is 0.227. The lowest BCUT2D eigenvalue weighted by Gasteiger charge is -2.28. The molecule has 0 radical (unpaired) electrons. The van der Waals surface area contributed by atoms with Gasteiger partial charge in [-0.1, -0.05) is 0 Å². The second-order valence-electron chi connectivity index (χ2n) is 5.53. The topological polar surface area (TPSA) is 33.3 Å². The second kappa shape index (κ2) is 5.83. The summed E-state index contributed by atoms with van der Waals surface area (Å²) in [5, 5.41) is 7.06. The van der Waals surface area contributed by atoms with Crippen molar-refractivity contribution in [3.05, 3.63) is 0 Å². The minimum Gasteiger partial charge on any atom is -0.378 e. The van der Waals surface area contributed by atoms with E-state index in [2.05, 4.69) is 38.3 Å². The monoisotopic (exact) mass is 214 g/mol. The van der Waals surface area contributed by atoms with Crippen LogP contribution >= 0.6 is 0 Å². The largest absolute Gasteiger partial charge is 0.378 e. The summed E-state index contributed by atoms with van der Waals surface area (Å²) in [6.07, 6.45) is 2.72. The average molecular weight is 214 g/mol. The molecule has 1 aliphatic heterocycles. The van der Waals surface area contributed by atoms with E-state index in [9.17, 15) is 0 Å². The lowest BCUT2D eigenvalue weighted by Crippen LogP contribution is -2.44. The molecule has 2 unspecified atom stereocenters. The van der Waals surface area contributed by atoms with Crippen molar-refractivity contribution in [3.63, 3.8) is 0 Å². The Morgan fingerprint density at radius 2 is 2.00 bits per heavy atom. The van der Waals surface area contributed by atoms with E-state index in [1.165, 1.54) is 0 Å². The summed E-state index contributed by atoms with van der Waals surface area (Å²) in [7, 11) is 0. The molecule has 0 aromatic heterocycles. The molecule has 1 saturated heterocycles. The van der Waals surface area contributed by atoms with Gasteiger partial charge < -0.3 is 15.4 Å². The molecule has 0 amide bonds. The first-order valence-corrected chi connectivity index (χ1v) is 6.07. The van der Waals surface area contributed by atoms with Gasteiger partial charge in [-0.25, -0.2) is 0 Å². The molecule has 3 heteroatoms. The van der Waals surface area contributed by atoms with Crippen molar-refractivity contribution in [2.45, 2.75) is 58.2 Å². The normalized spacial score (nSPS) is 28.0. The van der Waals surface area contributed by atoms with Gasteiger partial charge in [0.05, 0.1) is 6.10 Å². The maximum atomic E-state index is 5.51. The van der Waals surface area contributed by atoms with Crippen LogP contribution in [0.3, 0.4) is 0 Å². The molecule has 0 aromatic carbocycles. The first-order chi connectivity index (χ1) is 6.97. The van der Waals surface area contributed by atoms with Gasteiger partial charge in [-0.3, -0.25) is 0 Å². The van der Waals surface area contributed by atoms with Crippen LogP contribution in [0.5, 0.6) is 0 Å². The molecule has 1 rings (SSSR count). The fourth-order valence-electron chi connectivity index (χ4n) is 1.90. The Bertz CT molecular complexity index is 177. The van der Waals surface area contributed by atoms with E-state index in [0.717, 1.165) is 32.5 Å². The lowest BCUT2D eigenvalue weighted by atomic mass is 10.0. The van der Waals surface area contributed by atoms with Gasteiger partial charge in [-0.05, 0) is 40.5 Å². The molecule has 15 heavy (non-hydrogen) atoms. The smallest absolute Gasteiger partial charge is 0.0561 e. The minimum atomic E-state index is 0.227. The highest BCUT2D eigenvalue weighted by Gasteiger charge is 2.18. The molecule has 2 N–H and O–H groups in total. The highest BCUT2D eigenvalue weighted by Crippen LogP contribution is 2.12. The van der Waals surface area contributed by atoms with Crippen molar-refractivity contribution < 1.29 is 4.74 Å². The summed E-state index contributed by atoms with van der Waals surface area (Å²) in [6.45, 7) is 11.7. The standard InChI is InChI=1S/C12H26N2O/c1-10-9-11(5-8-15-10)13-6-7-14-12(2,3)4/h10-11,13-14H,5-9H2,1-4H3. The van der Waals surface area contributed by atoms with Gasteiger partial charge in [0.2, 0.25) is 0 Å². The van der Waals surface area contributed by atoms with E-state index >= 15 is 0 Å². The Morgan fingerprint density at radius 3 is 2.60 bits per heavy atom. The van der Waals surface area contributed by atoms with Crippen LogP contribution in [-0.4, -0.2) is 37.4 Å². The summed E-state index contributed by atoms with van der Waals surface area (Å²) < 4.78 is 5.51. The summed E-state index contributed by atoms with van der Waals surface area (Å²) in [5.41, 5.74) is 0.227. The average Bonchev–Trinajstić information content (AvgIpc) is 2.11. The molecule has 3 nitrogen and oxygen atoms in total. The van der Waals surface area contributed by atoms with Crippen molar-refractivity contribution in [2.75, 3.05) is 19.7 Å². The molecule has 1 heterocycles. The third kappa shape index (κ3) is 6.13. The van der Waals surface area contributed by atoms with E-state index in [4.69, 9.17) is 4.74 Å². The predicted octanol–water partition coefficient (Wildman–Crippen LogP) is 1.53. The van der Waals surface area contributed by atoms with Gasteiger partial charge in [0.15, 0.2) is 0 Å². The summed E-state index contributed by atoms with van der Waals surface area (Å²) in [4.78, 5) is 0. The van der Waals surface area contributed by atoms with Gasteiger partial charge in [0.25, 0.3) is 0 Å². The molecule has 0 saturated carbocycles. The zero-order chi connectivity index (χ0) is 11.3. The first kappa shape index (κ1) is 12.9. The first-order valence-electron chi connectivity index (χ1n) is 6.07. The van der Waals surface area contributed by atoms with Gasteiger partial charge in [0.1, 0.15) is 0 Å². The zero-order valence-corrected chi connectivity index (χ0v) is 10.6. The Morgan fingerprint density at radius 1 is 1.27 bits per heavy atom.